The Morgan fingerprint density at radius 1 is 1.47 bits per heavy atom. The van der Waals surface area contributed by atoms with Gasteiger partial charge in [0, 0.05) is 16.6 Å². The lowest BCUT2D eigenvalue weighted by Crippen LogP contribution is -2.04. The molecule has 1 aromatic carbocycles. The van der Waals surface area contributed by atoms with E-state index in [1.165, 1.54) is 0 Å². The molecule has 1 rings (SSSR count). The van der Waals surface area contributed by atoms with Crippen molar-refractivity contribution in [3.05, 3.63) is 39.9 Å². The minimum atomic E-state index is 0.492. The number of rotatable bonds is 4. The monoisotopic (exact) mass is 269 g/mol. The Balaban J connectivity index is 2.93. The number of aryl methyl sites for hydroxylation is 1. The zero-order valence-corrected chi connectivity index (χ0v) is 10.7. The average molecular weight is 270 g/mol. The molecule has 0 radical (unpaired) electrons. The van der Waals surface area contributed by atoms with Gasteiger partial charge >= 0.3 is 0 Å². The number of halogens is 1. The predicted molar refractivity (Wildman–Crippen MR) is 67.1 cm³/mol. The van der Waals surface area contributed by atoms with Crippen LogP contribution in [0.4, 0.5) is 0 Å². The summed E-state index contributed by atoms with van der Waals surface area (Å²) in [5, 5.41) is 0. The number of allylic oxidation sites excluding steroid dienone is 1. The van der Waals surface area contributed by atoms with Gasteiger partial charge in [0.15, 0.2) is 0 Å². The van der Waals surface area contributed by atoms with Crippen molar-refractivity contribution in [1.29, 1.82) is 0 Å². The highest BCUT2D eigenvalue weighted by atomic mass is 79.9. The molecule has 0 fully saturated rings. The van der Waals surface area contributed by atoms with Crippen LogP contribution < -0.4 is 10.5 Å². The Morgan fingerprint density at radius 3 is 2.80 bits per heavy atom. The van der Waals surface area contributed by atoms with Crippen LogP contribution in [-0.2, 0) is 6.54 Å². The van der Waals surface area contributed by atoms with Crippen molar-refractivity contribution in [2.45, 2.75) is 20.4 Å². The van der Waals surface area contributed by atoms with Gasteiger partial charge < -0.3 is 10.5 Å². The minimum absolute atomic E-state index is 0.492. The van der Waals surface area contributed by atoms with Crippen molar-refractivity contribution < 1.29 is 4.74 Å². The molecule has 0 saturated heterocycles. The van der Waals surface area contributed by atoms with Gasteiger partial charge in [-0.2, -0.15) is 0 Å². The molecular weight excluding hydrogens is 254 g/mol. The van der Waals surface area contributed by atoms with E-state index in [4.69, 9.17) is 10.5 Å². The van der Waals surface area contributed by atoms with Crippen molar-refractivity contribution in [1.82, 2.24) is 0 Å². The molecule has 0 saturated carbocycles. The maximum absolute atomic E-state index is 5.67. The molecule has 0 amide bonds. The Labute approximate surface area is 99.3 Å². The smallest absolute Gasteiger partial charge is 0.127 e. The topological polar surface area (TPSA) is 35.2 Å². The molecule has 0 aliphatic carbocycles. The second kappa shape index (κ2) is 5.93. The average Bonchev–Trinajstić information content (AvgIpc) is 2.20. The highest BCUT2D eigenvalue weighted by Crippen LogP contribution is 2.27. The standard InChI is InChI=1S/C12H16BrNO/c1-3-4-5-15-12-9(2)6-11(13)7-10(12)8-14/h3-4,6-7H,5,8,14H2,1-2H3/b4-3+. The summed E-state index contributed by atoms with van der Waals surface area (Å²) in [6, 6.07) is 4.03. The number of nitrogens with two attached hydrogens (primary N) is 1. The van der Waals surface area contributed by atoms with E-state index in [0.717, 1.165) is 21.3 Å². The van der Waals surface area contributed by atoms with E-state index in [1.54, 1.807) is 0 Å². The van der Waals surface area contributed by atoms with Crippen LogP contribution in [0.3, 0.4) is 0 Å². The Hall–Kier alpha value is -0.800. The molecule has 0 aliphatic rings. The molecule has 0 heterocycles. The highest BCUT2D eigenvalue weighted by Gasteiger charge is 2.06. The van der Waals surface area contributed by atoms with Crippen molar-refractivity contribution in [2.75, 3.05) is 6.61 Å². The molecule has 0 spiro atoms. The highest BCUT2D eigenvalue weighted by molar-refractivity contribution is 9.10. The van der Waals surface area contributed by atoms with Gasteiger partial charge in [0.1, 0.15) is 12.4 Å². The van der Waals surface area contributed by atoms with Gasteiger partial charge in [0.25, 0.3) is 0 Å². The van der Waals surface area contributed by atoms with Crippen molar-refractivity contribution in [2.24, 2.45) is 5.73 Å². The molecule has 0 atom stereocenters. The lowest BCUT2D eigenvalue weighted by atomic mass is 10.1. The van der Waals surface area contributed by atoms with Gasteiger partial charge in [-0.15, -0.1) is 0 Å². The zero-order valence-electron chi connectivity index (χ0n) is 9.09. The van der Waals surface area contributed by atoms with Crippen LogP contribution in [0.1, 0.15) is 18.1 Å². The fourth-order valence-electron chi connectivity index (χ4n) is 1.39. The molecule has 2 N–H and O–H groups in total. The number of hydrogen-bond acceptors (Lipinski definition) is 2. The quantitative estimate of drug-likeness (QED) is 0.853. The van der Waals surface area contributed by atoms with Gasteiger partial charge in [-0.05, 0) is 31.5 Å². The summed E-state index contributed by atoms with van der Waals surface area (Å²) >= 11 is 3.44. The van der Waals surface area contributed by atoms with Gasteiger partial charge in [-0.3, -0.25) is 0 Å². The van der Waals surface area contributed by atoms with Crippen LogP contribution in [0, 0.1) is 6.92 Å². The third-order valence-electron chi connectivity index (χ3n) is 2.10. The van der Waals surface area contributed by atoms with Crippen LogP contribution in [0.15, 0.2) is 28.8 Å². The van der Waals surface area contributed by atoms with Crippen LogP contribution >= 0.6 is 15.9 Å². The first-order valence-corrected chi connectivity index (χ1v) is 5.71. The van der Waals surface area contributed by atoms with E-state index >= 15 is 0 Å². The third kappa shape index (κ3) is 3.36. The first-order valence-electron chi connectivity index (χ1n) is 4.92. The molecule has 2 nitrogen and oxygen atoms in total. The maximum atomic E-state index is 5.67. The van der Waals surface area contributed by atoms with E-state index in [9.17, 15) is 0 Å². The summed E-state index contributed by atoms with van der Waals surface area (Å²) in [5.74, 6) is 0.902. The molecule has 0 unspecified atom stereocenters. The summed E-state index contributed by atoms with van der Waals surface area (Å²) in [6.45, 7) is 5.08. The first-order chi connectivity index (χ1) is 7.19. The van der Waals surface area contributed by atoms with Crippen LogP contribution in [-0.4, -0.2) is 6.61 Å². The summed E-state index contributed by atoms with van der Waals surface area (Å²) < 4.78 is 6.71. The number of benzene rings is 1. The van der Waals surface area contributed by atoms with Crippen LogP contribution in [0.5, 0.6) is 5.75 Å². The molecule has 0 aliphatic heterocycles. The Bertz CT molecular complexity index is 361. The van der Waals surface area contributed by atoms with Gasteiger partial charge in [-0.1, -0.05) is 28.1 Å². The number of hydrogen-bond donors (Lipinski definition) is 1. The lowest BCUT2D eigenvalue weighted by molar-refractivity contribution is 0.356. The molecule has 0 aromatic heterocycles. The molecule has 1 aromatic rings. The predicted octanol–water partition coefficient (Wildman–Crippen LogP) is 3.17. The molecule has 0 bridgehead atoms. The second-order valence-corrected chi connectivity index (χ2v) is 4.21. The second-order valence-electron chi connectivity index (χ2n) is 3.30. The van der Waals surface area contributed by atoms with E-state index < -0.39 is 0 Å². The van der Waals surface area contributed by atoms with E-state index in [2.05, 4.69) is 15.9 Å². The molecule has 82 valence electrons. The third-order valence-corrected chi connectivity index (χ3v) is 2.55. The SMILES string of the molecule is C/C=C/COc1c(C)cc(Br)cc1CN. The van der Waals surface area contributed by atoms with Crippen molar-refractivity contribution in [3.8, 4) is 5.75 Å². The largest absolute Gasteiger partial charge is 0.489 e. The lowest BCUT2D eigenvalue weighted by Gasteiger charge is -2.12. The normalized spacial score (nSPS) is 10.9. The van der Waals surface area contributed by atoms with E-state index in [0.29, 0.717) is 13.2 Å². The fraction of sp³-hybridized carbons (Fsp3) is 0.333. The summed E-state index contributed by atoms with van der Waals surface area (Å²) in [6.07, 6.45) is 3.94. The van der Waals surface area contributed by atoms with Crippen LogP contribution in [0.2, 0.25) is 0 Å². The first kappa shape index (κ1) is 12.3. The van der Waals surface area contributed by atoms with E-state index in [-0.39, 0.29) is 0 Å². The van der Waals surface area contributed by atoms with Crippen molar-refractivity contribution in [3.63, 3.8) is 0 Å². The molecular formula is C12H16BrNO. The Kier molecular flexibility index (Phi) is 4.85. The zero-order chi connectivity index (χ0) is 11.3. The van der Waals surface area contributed by atoms with Gasteiger partial charge in [-0.25, -0.2) is 0 Å². The summed E-state index contributed by atoms with van der Waals surface area (Å²) in [4.78, 5) is 0. The van der Waals surface area contributed by atoms with E-state index in [1.807, 2.05) is 38.1 Å². The summed E-state index contributed by atoms with van der Waals surface area (Å²) in [5.41, 5.74) is 7.81. The molecule has 3 heteroatoms. The van der Waals surface area contributed by atoms with Crippen LogP contribution in [0.25, 0.3) is 0 Å². The minimum Gasteiger partial charge on any atom is -0.489 e. The Morgan fingerprint density at radius 2 is 2.20 bits per heavy atom. The van der Waals surface area contributed by atoms with Gasteiger partial charge in [0.05, 0.1) is 0 Å². The summed E-state index contributed by atoms with van der Waals surface area (Å²) in [7, 11) is 0. The fourth-order valence-corrected chi connectivity index (χ4v) is 2.00. The maximum Gasteiger partial charge on any atom is 0.127 e. The molecule has 15 heavy (non-hydrogen) atoms. The van der Waals surface area contributed by atoms with Gasteiger partial charge in [0.2, 0.25) is 0 Å². The number of ether oxygens (including phenoxy) is 1. The van der Waals surface area contributed by atoms with Crippen molar-refractivity contribution >= 4 is 15.9 Å².